The van der Waals surface area contributed by atoms with E-state index in [0.29, 0.717) is 12.4 Å². The second-order valence-corrected chi connectivity index (χ2v) is 9.52. The van der Waals surface area contributed by atoms with Crippen LogP contribution in [0.15, 0.2) is 60.8 Å². The molecule has 0 fully saturated rings. The van der Waals surface area contributed by atoms with Crippen LogP contribution in [-0.4, -0.2) is 23.5 Å². The van der Waals surface area contributed by atoms with Crippen molar-refractivity contribution in [3.63, 3.8) is 0 Å². The molecule has 7 nitrogen and oxygen atoms in total. The topological polar surface area (TPSA) is 58.6 Å². The molecule has 5 aromatic rings. The van der Waals surface area contributed by atoms with Crippen LogP contribution in [0.5, 0.6) is 23.0 Å². The second kappa shape index (κ2) is 9.72. The van der Waals surface area contributed by atoms with Gasteiger partial charge in [-0.2, -0.15) is 4.57 Å². The number of methoxy groups -OCH3 is 1. The number of pyridine rings is 1. The summed E-state index contributed by atoms with van der Waals surface area (Å²) in [5.41, 5.74) is 5.75. The molecule has 0 bridgehead atoms. The summed E-state index contributed by atoms with van der Waals surface area (Å²) in [4.78, 5) is 4.88. The Hall–Kier alpha value is -3.97. The van der Waals surface area contributed by atoms with Crippen molar-refractivity contribution in [3.8, 4) is 34.3 Å². The molecule has 2 aromatic heterocycles. The van der Waals surface area contributed by atoms with Gasteiger partial charge in [0.25, 0.3) is 0 Å². The maximum absolute atomic E-state index is 6.51. The molecule has 0 saturated carbocycles. The van der Waals surface area contributed by atoms with Crippen LogP contribution in [0.3, 0.4) is 0 Å². The van der Waals surface area contributed by atoms with Gasteiger partial charge in [-0.25, -0.2) is 4.98 Å². The molecular weight excluding hydrogens is 502 g/mol. The molecule has 194 valence electrons. The smallest absolute Gasteiger partial charge is 0.231 e. The largest absolute Gasteiger partial charge is 1.00 e. The van der Waals surface area contributed by atoms with Gasteiger partial charge in [-0.3, -0.25) is 0 Å². The number of benzene rings is 3. The van der Waals surface area contributed by atoms with Gasteiger partial charge in [0, 0.05) is 19.0 Å². The summed E-state index contributed by atoms with van der Waals surface area (Å²) in [5, 5.41) is 2.11. The third-order valence-electron chi connectivity index (χ3n) is 7.32. The van der Waals surface area contributed by atoms with Gasteiger partial charge in [0.1, 0.15) is 12.4 Å². The molecule has 4 heterocycles. The number of nitrogens with zero attached hydrogens (tertiary/aromatic N) is 3. The molecule has 0 N–H and O–H groups in total. The lowest BCUT2D eigenvalue weighted by atomic mass is 9.95. The predicted molar refractivity (Wildman–Crippen MR) is 140 cm³/mol. The number of para-hydroxylation sites is 2. The number of hydrogen-bond donors (Lipinski definition) is 0. The molecule has 0 amide bonds. The fourth-order valence-corrected chi connectivity index (χ4v) is 5.55. The summed E-state index contributed by atoms with van der Waals surface area (Å²) in [6.45, 7) is 4.59. The highest BCUT2D eigenvalue weighted by atomic mass is 35.5. The minimum Gasteiger partial charge on any atom is -1.00 e. The number of aryl methyl sites for hydroxylation is 3. The molecule has 2 aliphatic rings. The van der Waals surface area contributed by atoms with E-state index < -0.39 is 0 Å². The first-order chi connectivity index (χ1) is 18.2. The highest BCUT2D eigenvalue weighted by molar-refractivity contribution is 5.91. The third kappa shape index (κ3) is 3.89. The van der Waals surface area contributed by atoms with E-state index in [1.807, 2.05) is 12.1 Å². The van der Waals surface area contributed by atoms with Crippen LogP contribution in [0.1, 0.15) is 24.7 Å². The highest BCUT2D eigenvalue weighted by Crippen LogP contribution is 2.42. The predicted octanol–water partition coefficient (Wildman–Crippen LogP) is 2.43. The normalized spacial score (nSPS) is 13.2. The van der Waals surface area contributed by atoms with E-state index in [4.69, 9.17) is 23.9 Å². The van der Waals surface area contributed by atoms with Gasteiger partial charge in [0.05, 0.1) is 29.1 Å². The zero-order valence-corrected chi connectivity index (χ0v) is 22.1. The number of halogens is 1. The number of hydrogen-bond acceptors (Lipinski definition) is 5. The molecule has 0 saturated heterocycles. The number of ether oxygens (including phenoxy) is 4. The van der Waals surface area contributed by atoms with Crippen LogP contribution in [0, 0.1) is 0 Å². The van der Waals surface area contributed by atoms with Crippen LogP contribution < -0.4 is 35.9 Å². The monoisotopic (exact) mass is 529 g/mol. The maximum Gasteiger partial charge on any atom is 0.231 e. The molecule has 0 aliphatic carbocycles. The first kappa shape index (κ1) is 24.4. The van der Waals surface area contributed by atoms with Gasteiger partial charge in [-0.1, -0.05) is 19.1 Å². The standard InChI is InChI=1S/C30H28N3O4.ClH/c1-3-11-33-24-7-5-4-6-23(24)31-29(33)17-35-30-22-16-32-12-10-20-14-27-28(37-18-36-27)15-21(20)25(32)13-19(22)8-9-26(30)34-2;/h4-9,13-16H,3,10-12,17-18H2,1-2H3;1H/q+1;/p-1. The molecule has 2 aliphatic heterocycles. The molecular formula is C30H28ClN3O4. The summed E-state index contributed by atoms with van der Waals surface area (Å²) >= 11 is 0. The van der Waals surface area contributed by atoms with Crippen LogP contribution in [-0.2, 0) is 26.1 Å². The number of aromatic nitrogens is 3. The molecule has 0 atom stereocenters. The van der Waals surface area contributed by atoms with Crippen LogP contribution in [0.2, 0.25) is 0 Å². The van der Waals surface area contributed by atoms with Crippen molar-refractivity contribution in [1.29, 1.82) is 0 Å². The van der Waals surface area contributed by atoms with Gasteiger partial charge in [0.2, 0.25) is 12.5 Å². The minimum absolute atomic E-state index is 0. The summed E-state index contributed by atoms with van der Waals surface area (Å²) in [6.07, 6.45) is 4.14. The summed E-state index contributed by atoms with van der Waals surface area (Å²) in [6, 6.07) is 18.8. The Morgan fingerprint density at radius 3 is 2.74 bits per heavy atom. The quantitative estimate of drug-likeness (QED) is 0.316. The summed E-state index contributed by atoms with van der Waals surface area (Å²) < 4.78 is 28.1. The van der Waals surface area contributed by atoms with E-state index in [-0.39, 0.29) is 19.2 Å². The Balaban J connectivity index is 0.00000264. The van der Waals surface area contributed by atoms with Crippen LogP contribution >= 0.6 is 0 Å². The van der Waals surface area contributed by atoms with Gasteiger partial charge in [0.15, 0.2) is 35.7 Å². The molecule has 0 unspecified atom stereocenters. The van der Waals surface area contributed by atoms with Gasteiger partial charge >= 0.3 is 0 Å². The van der Waals surface area contributed by atoms with Crippen molar-refractivity contribution < 1.29 is 35.9 Å². The van der Waals surface area contributed by atoms with Crippen molar-refractivity contribution >= 4 is 21.8 Å². The molecule has 0 spiro atoms. The van der Waals surface area contributed by atoms with Crippen LogP contribution in [0.4, 0.5) is 0 Å². The van der Waals surface area contributed by atoms with Gasteiger partial charge in [-0.05, 0) is 53.8 Å². The Kier molecular flexibility index (Phi) is 6.24. The first-order valence-electron chi connectivity index (χ1n) is 12.8. The zero-order chi connectivity index (χ0) is 24.9. The fraction of sp³-hybridized carbons (Fsp3) is 0.267. The summed E-state index contributed by atoms with van der Waals surface area (Å²) in [5.74, 6) is 4.01. The lowest BCUT2D eigenvalue weighted by Crippen LogP contribution is -3.00. The molecule has 3 aromatic carbocycles. The van der Waals surface area contributed by atoms with E-state index in [9.17, 15) is 0 Å². The van der Waals surface area contributed by atoms with Crippen molar-refractivity contribution in [2.75, 3.05) is 13.9 Å². The lowest BCUT2D eigenvalue weighted by Gasteiger charge is -2.18. The second-order valence-electron chi connectivity index (χ2n) is 9.52. The van der Waals surface area contributed by atoms with E-state index in [2.05, 4.69) is 64.7 Å². The summed E-state index contributed by atoms with van der Waals surface area (Å²) in [7, 11) is 1.69. The maximum atomic E-state index is 6.51. The van der Waals surface area contributed by atoms with E-state index >= 15 is 0 Å². The molecule has 0 radical (unpaired) electrons. The molecule has 38 heavy (non-hydrogen) atoms. The lowest BCUT2D eigenvalue weighted by molar-refractivity contribution is -0.686. The van der Waals surface area contributed by atoms with Crippen molar-refractivity contribution in [1.82, 2.24) is 9.55 Å². The third-order valence-corrected chi connectivity index (χ3v) is 7.32. The van der Waals surface area contributed by atoms with Crippen molar-refractivity contribution in [3.05, 3.63) is 72.2 Å². The van der Waals surface area contributed by atoms with Crippen molar-refractivity contribution in [2.24, 2.45) is 0 Å². The number of fused-ring (bicyclic) bond motifs is 6. The van der Waals surface area contributed by atoms with Crippen molar-refractivity contribution in [2.45, 2.75) is 39.5 Å². The Labute approximate surface area is 226 Å². The molecule has 8 heteroatoms. The average molecular weight is 530 g/mol. The average Bonchev–Trinajstić information content (AvgIpc) is 3.53. The Morgan fingerprint density at radius 2 is 1.89 bits per heavy atom. The highest BCUT2D eigenvalue weighted by Gasteiger charge is 2.28. The Morgan fingerprint density at radius 1 is 1.05 bits per heavy atom. The zero-order valence-electron chi connectivity index (χ0n) is 21.4. The molecule has 7 rings (SSSR count). The van der Waals surface area contributed by atoms with E-state index in [1.54, 1.807) is 7.11 Å². The first-order valence-corrected chi connectivity index (χ1v) is 12.8. The van der Waals surface area contributed by atoms with Crippen LogP contribution in [0.25, 0.3) is 33.1 Å². The van der Waals surface area contributed by atoms with Gasteiger partial charge < -0.3 is 35.9 Å². The fourth-order valence-electron chi connectivity index (χ4n) is 5.55. The Bertz CT molecular complexity index is 1680. The van der Waals surface area contributed by atoms with Gasteiger partial charge in [-0.15, -0.1) is 0 Å². The number of imidazole rings is 1. The SMILES string of the molecule is CCCn1c(COc2c(OC)ccc3cc4[n+](cc23)CCc2cc3c(cc2-4)OCO3)nc2ccccc21.[Cl-]. The van der Waals surface area contributed by atoms with E-state index in [1.165, 1.54) is 11.1 Å². The van der Waals surface area contributed by atoms with E-state index in [0.717, 1.165) is 76.5 Å². The minimum atomic E-state index is 0. The number of rotatable bonds is 6.